The van der Waals surface area contributed by atoms with Crippen molar-refractivity contribution >= 4 is 10.8 Å². The number of methoxy groups -OCH3 is 1. The number of hydrogen-bond donors (Lipinski definition) is 1. The van der Waals surface area contributed by atoms with Crippen molar-refractivity contribution in [3.8, 4) is 28.7 Å². The Morgan fingerprint density at radius 3 is 2.38 bits per heavy atom. The average molecular weight is 275 g/mol. The molecule has 1 N–H and O–H groups in total. The fraction of sp³-hybridized carbons (Fsp3) is 0.0556. The summed E-state index contributed by atoms with van der Waals surface area (Å²) in [6.07, 6.45) is 0. The van der Waals surface area contributed by atoms with Gasteiger partial charge in [-0.15, -0.1) is 0 Å². The molecule has 21 heavy (non-hydrogen) atoms. The van der Waals surface area contributed by atoms with Crippen LogP contribution >= 0.6 is 0 Å². The third-order valence-electron chi connectivity index (χ3n) is 3.48. The molecule has 3 aromatic rings. The van der Waals surface area contributed by atoms with Crippen LogP contribution in [0.3, 0.4) is 0 Å². The summed E-state index contributed by atoms with van der Waals surface area (Å²) >= 11 is 0. The van der Waals surface area contributed by atoms with Gasteiger partial charge in [0.2, 0.25) is 0 Å². The first kappa shape index (κ1) is 13.0. The average Bonchev–Trinajstić information content (AvgIpc) is 2.54. The molecule has 0 aliphatic carbocycles. The Bertz CT molecular complexity index is 845. The number of nitrogens with zero attached hydrogens (tertiary/aromatic N) is 1. The van der Waals surface area contributed by atoms with Gasteiger partial charge in [0.1, 0.15) is 11.5 Å². The highest BCUT2D eigenvalue weighted by molar-refractivity contribution is 5.93. The van der Waals surface area contributed by atoms with Gasteiger partial charge >= 0.3 is 0 Å². The van der Waals surface area contributed by atoms with Gasteiger partial charge in [0, 0.05) is 5.39 Å². The minimum atomic E-state index is 0.163. The summed E-state index contributed by atoms with van der Waals surface area (Å²) in [7, 11) is 1.63. The van der Waals surface area contributed by atoms with Gasteiger partial charge in [-0.2, -0.15) is 5.26 Å². The number of phenolic OH excluding ortho intramolecular Hbond substituents is 1. The molecule has 3 heteroatoms. The van der Waals surface area contributed by atoms with Crippen LogP contribution in [-0.2, 0) is 0 Å². The summed E-state index contributed by atoms with van der Waals surface area (Å²) < 4.78 is 5.15. The van der Waals surface area contributed by atoms with E-state index in [0.717, 1.165) is 27.6 Å². The SMILES string of the molecule is COc1ccc(-c2cc(C#N)c3cc(O)ccc3c2)cc1. The summed E-state index contributed by atoms with van der Waals surface area (Å²) in [6, 6.07) is 18.8. The smallest absolute Gasteiger partial charge is 0.118 e. The van der Waals surface area contributed by atoms with E-state index >= 15 is 0 Å². The van der Waals surface area contributed by atoms with Crippen molar-refractivity contribution in [1.29, 1.82) is 5.26 Å². The van der Waals surface area contributed by atoms with E-state index in [2.05, 4.69) is 6.07 Å². The molecular weight excluding hydrogens is 262 g/mol. The van der Waals surface area contributed by atoms with Gasteiger partial charge < -0.3 is 9.84 Å². The van der Waals surface area contributed by atoms with Crippen LogP contribution in [0.1, 0.15) is 5.56 Å². The van der Waals surface area contributed by atoms with Gasteiger partial charge in [0.25, 0.3) is 0 Å². The van der Waals surface area contributed by atoms with E-state index in [1.54, 1.807) is 19.2 Å². The Balaban J connectivity index is 2.19. The molecule has 0 bridgehead atoms. The predicted octanol–water partition coefficient (Wildman–Crippen LogP) is 4.09. The Kier molecular flexibility index (Phi) is 3.21. The second-order valence-electron chi connectivity index (χ2n) is 4.77. The summed E-state index contributed by atoms with van der Waals surface area (Å²) in [5.74, 6) is 0.959. The molecule has 0 radical (unpaired) electrons. The maximum absolute atomic E-state index is 9.57. The maximum atomic E-state index is 9.57. The van der Waals surface area contributed by atoms with Crippen LogP contribution in [0.5, 0.6) is 11.5 Å². The van der Waals surface area contributed by atoms with Crippen molar-refractivity contribution in [1.82, 2.24) is 0 Å². The van der Waals surface area contributed by atoms with Crippen LogP contribution in [0.15, 0.2) is 54.6 Å². The monoisotopic (exact) mass is 275 g/mol. The highest BCUT2D eigenvalue weighted by atomic mass is 16.5. The zero-order chi connectivity index (χ0) is 14.8. The third kappa shape index (κ3) is 2.39. The molecule has 102 valence electrons. The molecule has 0 heterocycles. The van der Waals surface area contributed by atoms with Crippen molar-refractivity contribution in [2.75, 3.05) is 7.11 Å². The summed E-state index contributed by atoms with van der Waals surface area (Å²) in [4.78, 5) is 0. The van der Waals surface area contributed by atoms with Gasteiger partial charge in [-0.3, -0.25) is 0 Å². The normalized spacial score (nSPS) is 10.3. The van der Waals surface area contributed by atoms with Crippen molar-refractivity contribution in [3.63, 3.8) is 0 Å². The maximum Gasteiger partial charge on any atom is 0.118 e. The molecule has 0 fully saturated rings. The molecule has 0 spiro atoms. The standard InChI is InChI=1S/C18H13NO2/c1-21-17-6-3-12(4-7-17)14-8-13-2-5-16(20)10-18(13)15(9-14)11-19/h2-10,20H,1H3. The Labute approximate surface area is 122 Å². The number of rotatable bonds is 2. The number of aromatic hydroxyl groups is 1. The topological polar surface area (TPSA) is 53.2 Å². The Morgan fingerprint density at radius 2 is 1.71 bits per heavy atom. The van der Waals surface area contributed by atoms with E-state index in [1.165, 1.54) is 0 Å². The molecule has 0 saturated heterocycles. The molecule has 0 aromatic heterocycles. The molecule has 0 saturated carbocycles. The number of hydrogen-bond acceptors (Lipinski definition) is 3. The zero-order valence-electron chi connectivity index (χ0n) is 11.5. The summed E-state index contributed by atoms with van der Waals surface area (Å²) in [6.45, 7) is 0. The minimum Gasteiger partial charge on any atom is -0.508 e. The summed E-state index contributed by atoms with van der Waals surface area (Å²) in [5.41, 5.74) is 2.53. The number of nitriles is 1. The lowest BCUT2D eigenvalue weighted by molar-refractivity contribution is 0.415. The fourth-order valence-electron chi connectivity index (χ4n) is 2.39. The van der Waals surface area contributed by atoms with E-state index in [1.807, 2.05) is 42.5 Å². The number of fused-ring (bicyclic) bond motifs is 1. The van der Waals surface area contributed by atoms with E-state index in [9.17, 15) is 10.4 Å². The van der Waals surface area contributed by atoms with Crippen molar-refractivity contribution in [2.45, 2.75) is 0 Å². The molecule has 0 atom stereocenters. The lowest BCUT2D eigenvalue weighted by Crippen LogP contribution is -1.86. The van der Waals surface area contributed by atoms with E-state index in [4.69, 9.17) is 4.74 Å². The fourth-order valence-corrected chi connectivity index (χ4v) is 2.39. The van der Waals surface area contributed by atoms with Crippen molar-refractivity contribution in [3.05, 3.63) is 60.2 Å². The first-order valence-electron chi connectivity index (χ1n) is 6.52. The first-order valence-corrected chi connectivity index (χ1v) is 6.52. The second kappa shape index (κ2) is 5.18. The van der Waals surface area contributed by atoms with Crippen LogP contribution in [0.25, 0.3) is 21.9 Å². The van der Waals surface area contributed by atoms with Crippen LogP contribution < -0.4 is 4.74 Å². The number of benzene rings is 3. The largest absolute Gasteiger partial charge is 0.508 e. The third-order valence-corrected chi connectivity index (χ3v) is 3.48. The summed E-state index contributed by atoms with van der Waals surface area (Å²) in [5, 5.41) is 20.6. The van der Waals surface area contributed by atoms with Gasteiger partial charge in [-0.1, -0.05) is 18.2 Å². The number of phenols is 1. The van der Waals surface area contributed by atoms with Crippen LogP contribution in [-0.4, -0.2) is 12.2 Å². The van der Waals surface area contributed by atoms with Crippen molar-refractivity contribution in [2.24, 2.45) is 0 Å². The Hall–Kier alpha value is -2.99. The highest BCUT2D eigenvalue weighted by Gasteiger charge is 2.07. The molecular formula is C18H13NO2. The second-order valence-corrected chi connectivity index (χ2v) is 4.77. The van der Waals surface area contributed by atoms with E-state index in [0.29, 0.717) is 5.56 Å². The van der Waals surface area contributed by atoms with E-state index in [-0.39, 0.29) is 5.75 Å². The number of ether oxygens (including phenoxy) is 1. The molecule has 0 aliphatic rings. The Morgan fingerprint density at radius 1 is 0.952 bits per heavy atom. The van der Waals surface area contributed by atoms with Gasteiger partial charge in [-0.05, 0) is 52.9 Å². The van der Waals surface area contributed by atoms with Crippen LogP contribution in [0.4, 0.5) is 0 Å². The molecule has 3 nitrogen and oxygen atoms in total. The molecule has 0 amide bonds. The van der Waals surface area contributed by atoms with Crippen LogP contribution in [0.2, 0.25) is 0 Å². The quantitative estimate of drug-likeness (QED) is 0.766. The molecule has 0 aliphatic heterocycles. The zero-order valence-corrected chi connectivity index (χ0v) is 11.5. The van der Waals surface area contributed by atoms with Gasteiger partial charge in [0.15, 0.2) is 0 Å². The van der Waals surface area contributed by atoms with Crippen LogP contribution in [0, 0.1) is 11.3 Å². The van der Waals surface area contributed by atoms with Gasteiger partial charge in [-0.25, -0.2) is 0 Å². The highest BCUT2D eigenvalue weighted by Crippen LogP contribution is 2.30. The first-order chi connectivity index (χ1) is 10.2. The molecule has 3 aromatic carbocycles. The lowest BCUT2D eigenvalue weighted by Gasteiger charge is -2.08. The molecule has 0 unspecified atom stereocenters. The van der Waals surface area contributed by atoms with Gasteiger partial charge in [0.05, 0.1) is 18.7 Å². The van der Waals surface area contributed by atoms with Crippen molar-refractivity contribution < 1.29 is 9.84 Å². The lowest BCUT2D eigenvalue weighted by atomic mass is 9.97. The minimum absolute atomic E-state index is 0.163. The molecule has 3 rings (SSSR count). The predicted molar refractivity (Wildman–Crippen MR) is 82.3 cm³/mol. The van der Waals surface area contributed by atoms with E-state index < -0.39 is 0 Å².